The van der Waals surface area contributed by atoms with Crippen LogP contribution in [0.3, 0.4) is 0 Å². The van der Waals surface area contributed by atoms with Crippen molar-refractivity contribution in [1.29, 1.82) is 5.41 Å². The monoisotopic (exact) mass is 446 g/mol. The molecule has 6 N–H and O–H groups in total. The summed E-state index contributed by atoms with van der Waals surface area (Å²) in [6.07, 6.45) is 0.123. The molecule has 11 heteroatoms. The van der Waals surface area contributed by atoms with Crippen LogP contribution in [0.25, 0.3) is 10.2 Å². The number of nitrogens with two attached hydrogens (primary N) is 1. The van der Waals surface area contributed by atoms with Gasteiger partial charge in [-0.05, 0) is 25.0 Å². The van der Waals surface area contributed by atoms with Gasteiger partial charge in [-0.15, -0.1) is 11.3 Å². The molecule has 166 valence electrons. The maximum Gasteiger partial charge on any atom is 0.243 e. The number of amides is 2. The van der Waals surface area contributed by atoms with Crippen molar-refractivity contribution >= 4 is 45.1 Å². The molecule has 10 nitrogen and oxygen atoms in total. The van der Waals surface area contributed by atoms with Crippen molar-refractivity contribution in [3.05, 3.63) is 29.3 Å². The zero-order chi connectivity index (χ0) is 22.5. The molecule has 1 aliphatic heterocycles. The molecule has 0 spiro atoms. The van der Waals surface area contributed by atoms with Gasteiger partial charge in [-0.3, -0.25) is 19.8 Å². The van der Waals surface area contributed by atoms with E-state index in [9.17, 15) is 19.5 Å². The fraction of sp³-hybridized carbons (Fsp3) is 0.450. The van der Waals surface area contributed by atoms with Gasteiger partial charge in [-0.25, -0.2) is 4.98 Å². The standard InChI is InChI=1S/C20H26N6O4S/c1-11(27)26-10-12(28)9-15(26)18(30)24-14(6-4-8-23-20(21)22)17(29)19-25-13-5-2-3-7-16(13)31-19/h2-3,5,7,12,14-15,28H,4,6,8-10H2,1H3,(H,24,30)(H4,21,22,23)/t12-,14+,15+/m0/s1. The molecule has 31 heavy (non-hydrogen) atoms. The number of Topliss-reactive ketones (excluding diaryl/α,β-unsaturated/α-hetero) is 1. The number of fused-ring (bicyclic) bond motifs is 1. The fourth-order valence-electron chi connectivity index (χ4n) is 3.60. The van der Waals surface area contributed by atoms with E-state index in [4.69, 9.17) is 11.1 Å². The van der Waals surface area contributed by atoms with Crippen molar-refractivity contribution in [1.82, 2.24) is 20.5 Å². The summed E-state index contributed by atoms with van der Waals surface area (Å²) in [6, 6.07) is 5.71. The number of likely N-dealkylation sites (tertiary alicyclic amines) is 1. The number of guanidine groups is 1. The van der Waals surface area contributed by atoms with Crippen LogP contribution in [-0.4, -0.2) is 69.8 Å². The first kappa shape index (κ1) is 22.6. The number of ketones is 1. The van der Waals surface area contributed by atoms with Crippen LogP contribution in [0.2, 0.25) is 0 Å². The fourth-order valence-corrected chi connectivity index (χ4v) is 4.56. The van der Waals surface area contributed by atoms with E-state index in [1.54, 1.807) is 0 Å². The number of carbonyl (C=O) groups is 3. The SMILES string of the molecule is CC(=O)N1C[C@@H](O)C[C@@H]1C(=O)N[C@H](CCCNC(=N)N)C(=O)c1nc2ccccc2s1. The molecule has 0 unspecified atom stereocenters. The Morgan fingerprint density at radius 3 is 2.81 bits per heavy atom. The smallest absolute Gasteiger partial charge is 0.243 e. The third-order valence-electron chi connectivity index (χ3n) is 5.11. The lowest BCUT2D eigenvalue weighted by Crippen LogP contribution is -2.50. The highest BCUT2D eigenvalue weighted by atomic mass is 32.1. The van der Waals surface area contributed by atoms with Crippen LogP contribution < -0.4 is 16.4 Å². The molecule has 2 amide bonds. The molecule has 1 aromatic carbocycles. The van der Waals surface area contributed by atoms with Gasteiger partial charge in [-0.2, -0.15) is 0 Å². The van der Waals surface area contributed by atoms with Gasteiger partial charge < -0.3 is 26.4 Å². The lowest BCUT2D eigenvalue weighted by atomic mass is 10.1. The van der Waals surface area contributed by atoms with E-state index >= 15 is 0 Å². The number of benzene rings is 1. The van der Waals surface area contributed by atoms with E-state index in [0.29, 0.717) is 29.9 Å². The van der Waals surface area contributed by atoms with Crippen molar-refractivity contribution in [3.63, 3.8) is 0 Å². The number of nitrogens with zero attached hydrogens (tertiary/aromatic N) is 2. The summed E-state index contributed by atoms with van der Waals surface area (Å²) >= 11 is 1.26. The van der Waals surface area contributed by atoms with Crippen LogP contribution >= 0.6 is 11.3 Å². The minimum Gasteiger partial charge on any atom is -0.391 e. The summed E-state index contributed by atoms with van der Waals surface area (Å²) in [5.74, 6) is -1.28. The highest BCUT2D eigenvalue weighted by molar-refractivity contribution is 7.20. The van der Waals surface area contributed by atoms with Gasteiger partial charge >= 0.3 is 0 Å². The number of β-amino-alcohol motifs (C(OH)–C–C–N with tert-alkyl or cyclic N) is 1. The second-order valence-electron chi connectivity index (χ2n) is 7.47. The summed E-state index contributed by atoms with van der Waals surface area (Å²) in [5, 5.41) is 22.9. The van der Waals surface area contributed by atoms with Crippen LogP contribution in [0.15, 0.2) is 24.3 Å². The van der Waals surface area contributed by atoms with Crippen LogP contribution in [0, 0.1) is 5.41 Å². The van der Waals surface area contributed by atoms with Crippen molar-refractivity contribution < 1.29 is 19.5 Å². The summed E-state index contributed by atoms with van der Waals surface area (Å²) < 4.78 is 0.871. The van der Waals surface area contributed by atoms with Crippen molar-refractivity contribution in [2.75, 3.05) is 13.1 Å². The molecule has 3 atom stereocenters. The summed E-state index contributed by atoms with van der Waals surface area (Å²) in [7, 11) is 0. The normalized spacial score (nSPS) is 19.2. The Morgan fingerprint density at radius 1 is 1.39 bits per heavy atom. The molecule has 1 aromatic heterocycles. The van der Waals surface area contributed by atoms with E-state index in [2.05, 4.69) is 15.6 Å². The number of hydrogen-bond acceptors (Lipinski definition) is 7. The van der Waals surface area contributed by atoms with Gasteiger partial charge in [0.15, 0.2) is 11.0 Å². The molecular weight excluding hydrogens is 420 g/mol. The topological polar surface area (TPSA) is 162 Å². The van der Waals surface area contributed by atoms with Gasteiger partial charge in [0.2, 0.25) is 17.6 Å². The van der Waals surface area contributed by atoms with Crippen LogP contribution in [0.5, 0.6) is 0 Å². The third kappa shape index (κ3) is 5.56. The largest absolute Gasteiger partial charge is 0.391 e. The number of rotatable bonds is 8. The Kier molecular flexibility index (Phi) is 7.18. The molecule has 1 fully saturated rings. The number of nitrogens with one attached hydrogen (secondary N) is 3. The van der Waals surface area contributed by atoms with Gasteiger partial charge in [0.1, 0.15) is 6.04 Å². The first-order valence-electron chi connectivity index (χ1n) is 9.99. The maximum atomic E-state index is 13.2. The highest BCUT2D eigenvalue weighted by Gasteiger charge is 2.39. The summed E-state index contributed by atoms with van der Waals surface area (Å²) in [4.78, 5) is 43.6. The average molecular weight is 447 g/mol. The maximum absolute atomic E-state index is 13.2. The van der Waals surface area contributed by atoms with Crippen LogP contribution in [-0.2, 0) is 9.59 Å². The van der Waals surface area contributed by atoms with E-state index < -0.39 is 24.1 Å². The van der Waals surface area contributed by atoms with E-state index in [-0.39, 0.29) is 30.6 Å². The lowest BCUT2D eigenvalue weighted by Gasteiger charge is -2.24. The third-order valence-corrected chi connectivity index (χ3v) is 6.16. The van der Waals surface area contributed by atoms with E-state index in [0.717, 1.165) is 4.70 Å². The number of hydrogen-bond donors (Lipinski definition) is 5. The molecule has 0 saturated carbocycles. The Hall–Kier alpha value is -3.05. The van der Waals surface area contributed by atoms with Crippen LogP contribution in [0.4, 0.5) is 0 Å². The number of para-hydroxylation sites is 1. The molecule has 2 heterocycles. The highest BCUT2D eigenvalue weighted by Crippen LogP contribution is 2.24. The predicted octanol–water partition coefficient (Wildman–Crippen LogP) is 0.209. The first-order chi connectivity index (χ1) is 14.8. The zero-order valence-corrected chi connectivity index (χ0v) is 17.9. The van der Waals surface area contributed by atoms with E-state index in [1.165, 1.54) is 23.2 Å². The van der Waals surface area contributed by atoms with Crippen molar-refractivity contribution in [2.45, 2.75) is 44.4 Å². The molecule has 1 saturated heterocycles. The minimum absolute atomic E-state index is 0.0897. The van der Waals surface area contributed by atoms with E-state index in [1.807, 2.05) is 24.3 Å². The number of thiazole rings is 1. The van der Waals surface area contributed by atoms with Gasteiger partial charge in [0.05, 0.1) is 22.4 Å². The number of carbonyl (C=O) groups excluding carboxylic acids is 3. The Bertz CT molecular complexity index is 960. The molecule has 1 aliphatic rings. The average Bonchev–Trinajstić information content (AvgIpc) is 3.33. The number of aliphatic hydroxyl groups is 1. The van der Waals surface area contributed by atoms with Crippen LogP contribution in [0.1, 0.15) is 36.0 Å². The van der Waals surface area contributed by atoms with Gasteiger partial charge in [0, 0.05) is 26.4 Å². The molecule has 2 aromatic rings. The van der Waals surface area contributed by atoms with Crippen molar-refractivity contribution in [2.24, 2.45) is 5.73 Å². The Morgan fingerprint density at radius 2 is 2.13 bits per heavy atom. The predicted molar refractivity (Wildman–Crippen MR) is 117 cm³/mol. The quantitative estimate of drug-likeness (QED) is 0.168. The number of aliphatic hydroxyl groups excluding tert-OH is 1. The lowest BCUT2D eigenvalue weighted by molar-refractivity contribution is -0.137. The minimum atomic E-state index is -0.853. The second-order valence-corrected chi connectivity index (χ2v) is 8.50. The Balaban J connectivity index is 1.76. The second kappa shape index (κ2) is 9.84. The van der Waals surface area contributed by atoms with Crippen molar-refractivity contribution in [3.8, 4) is 0 Å². The molecule has 3 rings (SSSR count). The summed E-state index contributed by atoms with van der Waals surface area (Å²) in [6.45, 7) is 1.80. The Labute approximate surface area is 183 Å². The molecule has 0 aliphatic carbocycles. The molecular formula is C20H26N6O4S. The summed E-state index contributed by atoms with van der Waals surface area (Å²) in [5.41, 5.74) is 6.00. The van der Waals surface area contributed by atoms with Gasteiger partial charge in [-0.1, -0.05) is 12.1 Å². The molecule has 0 radical (unpaired) electrons. The van der Waals surface area contributed by atoms with Gasteiger partial charge in [0.25, 0.3) is 0 Å². The first-order valence-corrected chi connectivity index (χ1v) is 10.8. The zero-order valence-electron chi connectivity index (χ0n) is 17.1. The molecule has 0 bridgehead atoms. The number of aromatic nitrogens is 1.